The van der Waals surface area contributed by atoms with Crippen LogP contribution >= 0.6 is 0 Å². The van der Waals surface area contributed by atoms with E-state index in [1.54, 1.807) is 6.07 Å². The molecule has 4 rings (SSSR count). The highest BCUT2D eigenvalue weighted by Gasteiger charge is 2.30. The molecule has 2 aliphatic rings. The molecule has 7 nitrogen and oxygen atoms in total. The predicted molar refractivity (Wildman–Crippen MR) is 104 cm³/mol. The number of aryl methyl sites for hydroxylation is 1. The van der Waals surface area contributed by atoms with Gasteiger partial charge >= 0.3 is 0 Å². The molecular weight excluding hydrogens is 356 g/mol. The summed E-state index contributed by atoms with van der Waals surface area (Å²) in [7, 11) is 0. The number of carbonyl (C=O) groups is 2. The van der Waals surface area contributed by atoms with E-state index in [0.717, 1.165) is 24.1 Å². The van der Waals surface area contributed by atoms with Gasteiger partial charge in [-0.2, -0.15) is 5.10 Å². The molecule has 1 saturated heterocycles. The maximum Gasteiger partial charge on any atom is 0.264 e. The van der Waals surface area contributed by atoms with Crippen LogP contribution in [0.2, 0.25) is 0 Å². The summed E-state index contributed by atoms with van der Waals surface area (Å²) < 4.78 is 0. The number of piperidine rings is 1. The van der Waals surface area contributed by atoms with Crippen molar-refractivity contribution in [2.75, 3.05) is 13.1 Å². The topological polar surface area (TPSA) is 95.2 Å². The fraction of sp³-hybridized carbons (Fsp3) is 0.429. The molecule has 1 fully saturated rings. The van der Waals surface area contributed by atoms with E-state index in [1.807, 2.05) is 35.2 Å². The molecule has 1 aromatic carbocycles. The van der Waals surface area contributed by atoms with Crippen molar-refractivity contribution in [3.63, 3.8) is 0 Å². The molecule has 2 aromatic rings. The number of hydrogen-bond donors (Lipinski definition) is 2. The zero-order valence-electron chi connectivity index (χ0n) is 15.7. The van der Waals surface area contributed by atoms with E-state index in [-0.39, 0.29) is 29.3 Å². The summed E-state index contributed by atoms with van der Waals surface area (Å²) in [4.78, 5) is 38.5. The van der Waals surface area contributed by atoms with Crippen LogP contribution in [0.25, 0.3) is 0 Å². The summed E-state index contributed by atoms with van der Waals surface area (Å²) in [6, 6.07) is 10.9. The SMILES string of the molecule is O=C(N[C@H]1CCc2n[nH]c(=O)cc2C1)C1CCN(C(=O)c2ccccc2)CC1. The van der Waals surface area contributed by atoms with Crippen molar-refractivity contribution in [1.29, 1.82) is 0 Å². The van der Waals surface area contributed by atoms with Crippen molar-refractivity contribution >= 4 is 11.8 Å². The second-order valence-electron chi connectivity index (χ2n) is 7.58. The van der Waals surface area contributed by atoms with E-state index in [9.17, 15) is 14.4 Å². The summed E-state index contributed by atoms with van der Waals surface area (Å²) in [5.74, 6) is 0.0117. The minimum Gasteiger partial charge on any atom is -0.353 e. The van der Waals surface area contributed by atoms with Gasteiger partial charge in [-0.25, -0.2) is 5.10 Å². The molecule has 0 unspecified atom stereocenters. The number of aromatic amines is 1. The molecule has 7 heteroatoms. The monoisotopic (exact) mass is 380 g/mol. The fourth-order valence-electron chi connectivity index (χ4n) is 4.09. The van der Waals surface area contributed by atoms with Gasteiger partial charge in [-0.05, 0) is 49.8 Å². The van der Waals surface area contributed by atoms with Crippen LogP contribution < -0.4 is 10.9 Å². The summed E-state index contributed by atoms with van der Waals surface area (Å²) >= 11 is 0. The van der Waals surface area contributed by atoms with E-state index in [4.69, 9.17) is 0 Å². The number of aromatic nitrogens is 2. The van der Waals surface area contributed by atoms with Crippen LogP contribution in [0.4, 0.5) is 0 Å². The highest BCUT2D eigenvalue weighted by atomic mass is 16.2. The molecule has 146 valence electrons. The number of hydrogen-bond acceptors (Lipinski definition) is 4. The van der Waals surface area contributed by atoms with E-state index in [0.29, 0.717) is 37.9 Å². The first-order chi connectivity index (χ1) is 13.6. The number of nitrogens with zero attached hydrogens (tertiary/aromatic N) is 2. The van der Waals surface area contributed by atoms with Crippen LogP contribution in [0.15, 0.2) is 41.2 Å². The zero-order valence-corrected chi connectivity index (χ0v) is 15.7. The van der Waals surface area contributed by atoms with Crippen molar-refractivity contribution in [3.8, 4) is 0 Å². The lowest BCUT2D eigenvalue weighted by molar-refractivity contribution is -0.127. The summed E-state index contributed by atoms with van der Waals surface area (Å²) in [5, 5.41) is 9.69. The Labute approximate surface area is 163 Å². The van der Waals surface area contributed by atoms with Crippen molar-refractivity contribution in [2.24, 2.45) is 5.92 Å². The Morgan fingerprint density at radius 3 is 2.61 bits per heavy atom. The van der Waals surface area contributed by atoms with Gasteiger partial charge in [-0.3, -0.25) is 14.4 Å². The van der Waals surface area contributed by atoms with Crippen molar-refractivity contribution < 1.29 is 9.59 Å². The standard InChI is InChI=1S/C21H24N4O3/c26-19-13-16-12-17(6-7-18(16)23-24-19)22-20(27)14-8-10-25(11-9-14)21(28)15-4-2-1-3-5-15/h1-5,13-14,17H,6-12H2,(H,22,27)(H,24,26)/t17-/m0/s1. The number of fused-ring (bicyclic) bond motifs is 1. The lowest BCUT2D eigenvalue weighted by Crippen LogP contribution is -2.46. The third-order valence-corrected chi connectivity index (χ3v) is 5.69. The third kappa shape index (κ3) is 3.98. The van der Waals surface area contributed by atoms with Crippen molar-refractivity contribution in [1.82, 2.24) is 20.4 Å². The van der Waals surface area contributed by atoms with Crippen LogP contribution in [0.1, 0.15) is 40.9 Å². The first-order valence-electron chi connectivity index (χ1n) is 9.82. The number of benzene rings is 1. The molecule has 28 heavy (non-hydrogen) atoms. The highest BCUT2D eigenvalue weighted by molar-refractivity contribution is 5.94. The van der Waals surface area contributed by atoms with Gasteiger partial charge in [0.25, 0.3) is 11.5 Å². The van der Waals surface area contributed by atoms with Crippen LogP contribution in [-0.4, -0.2) is 46.0 Å². The summed E-state index contributed by atoms with van der Waals surface area (Å²) in [5.41, 5.74) is 2.32. The average Bonchev–Trinajstić information content (AvgIpc) is 2.73. The molecule has 2 N–H and O–H groups in total. The van der Waals surface area contributed by atoms with Crippen molar-refractivity contribution in [2.45, 2.75) is 38.1 Å². The zero-order chi connectivity index (χ0) is 19.5. The first-order valence-corrected chi connectivity index (χ1v) is 9.82. The second kappa shape index (κ2) is 7.96. The van der Waals surface area contributed by atoms with Gasteiger partial charge in [0.2, 0.25) is 5.91 Å². The normalized spacial score (nSPS) is 19.7. The van der Waals surface area contributed by atoms with Crippen molar-refractivity contribution in [3.05, 3.63) is 63.6 Å². The molecule has 2 heterocycles. The Bertz CT molecular complexity index is 917. The van der Waals surface area contributed by atoms with Crippen LogP contribution in [0, 0.1) is 5.92 Å². The molecule has 2 amide bonds. The fourth-order valence-corrected chi connectivity index (χ4v) is 4.09. The van der Waals surface area contributed by atoms with Crippen LogP contribution in [0.5, 0.6) is 0 Å². The number of amides is 2. The molecule has 1 atom stereocenters. The van der Waals surface area contributed by atoms with Gasteiger partial charge in [0, 0.05) is 36.7 Å². The molecule has 1 aliphatic carbocycles. The maximum atomic E-state index is 12.7. The number of likely N-dealkylation sites (tertiary alicyclic amines) is 1. The molecule has 0 saturated carbocycles. The number of carbonyl (C=O) groups excluding carboxylic acids is 2. The van der Waals surface area contributed by atoms with Crippen LogP contribution in [0.3, 0.4) is 0 Å². The minimum atomic E-state index is -0.207. The number of H-pyrrole nitrogens is 1. The lowest BCUT2D eigenvalue weighted by atomic mass is 9.90. The molecule has 1 aliphatic heterocycles. The van der Waals surface area contributed by atoms with E-state index >= 15 is 0 Å². The number of nitrogens with one attached hydrogen (secondary N) is 2. The third-order valence-electron chi connectivity index (χ3n) is 5.69. The molecular formula is C21H24N4O3. The van der Waals surface area contributed by atoms with E-state index < -0.39 is 0 Å². The Morgan fingerprint density at radius 1 is 1.11 bits per heavy atom. The van der Waals surface area contributed by atoms with Gasteiger partial charge in [0.05, 0.1) is 5.69 Å². The largest absolute Gasteiger partial charge is 0.353 e. The molecule has 0 spiro atoms. The summed E-state index contributed by atoms with van der Waals surface area (Å²) in [6.07, 6.45) is 3.57. The van der Waals surface area contributed by atoms with E-state index in [2.05, 4.69) is 15.5 Å². The van der Waals surface area contributed by atoms with E-state index in [1.165, 1.54) is 0 Å². The smallest absolute Gasteiger partial charge is 0.264 e. The minimum absolute atomic E-state index is 0.0288. The van der Waals surface area contributed by atoms with Crippen LogP contribution in [-0.2, 0) is 17.6 Å². The molecule has 1 aromatic heterocycles. The van der Waals surface area contributed by atoms with Gasteiger partial charge in [0.15, 0.2) is 0 Å². The Kier molecular flexibility index (Phi) is 5.23. The molecule has 0 bridgehead atoms. The van der Waals surface area contributed by atoms with Gasteiger partial charge in [-0.1, -0.05) is 18.2 Å². The quantitative estimate of drug-likeness (QED) is 0.839. The Hall–Kier alpha value is -2.96. The van der Waals surface area contributed by atoms with Gasteiger partial charge < -0.3 is 10.2 Å². The Balaban J connectivity index is 1.30. The average molecular weight is 380 g/mol. The summed E-state index contributed by atoms with van der Waals surface area (Å²) in [6.45, 7) is 1.19. The van der Waals surface area contributed by atoms with Gasteiger partial charge in [-0.15, -0.1) is 0 Å². The second-order valence-corrected chi connectivity index (χ2v) is 7.58. The van der Waals surface area contributed by atoms with Gasteiger partial charge in [0.1, 0.15) is 0 Å². The molecule has 0 radical (unpaired) electrons. The maximum absolute atomic E-state index is 12.7. The number of rotatable bonds is 3. The Morgan fingerprint density at radius 2 is 1.86 bits per heavy atom. The first kappa shape index (κ1) is 18.4. The predicted octanol–water partition coefficient (Wildman–Crippen LogP) is 1.30. The lowest BCUT2D eigenvalue weighted by Gasteiger charge is -2.33. The highest BCUT2D eigenvalue weighted by Crippen LogP contribution is 2.22.